The molecule has 0 aliphatic heterocycles. The predicted octanol–water partition coefficient (Wildman–Crippen LogP) is 4.09. The van der Waals surface area contributed by atoms with Crippen LogP contribution in [0.2, 0.25) is 0 Å². The van der Waals surface area contributed by atoms with Gasteiger partial charge >= 0.3 is 0 Å². The average molecular weight is 218 g/mol. The second kappa shape index (κ2) is 5.49. The molecule has 1 fully saturated rings. The largest absolute Gasteiger partial charge is 0.374 e. The van der Waals surface area contributed by atoms with Crippen LogP contribution in [0.1, 0.15) is 43.7 Å². The van der Waals surface area contributed by atoms with Gasteiger partial charge in [0, 0.05) is 0 Å². The van der Waals surface area contributed by atoms with Crippen molar-refractivity contribution in [2.75, 3.05) is 0 Å². The Hall–Kier alpha value is -0.820. The number of ether oxygens (including phenoxy) is 1. The molecule has 0 heterocycles. The van der Waals surface area contributed by atoms with E-state index in [1.165, 1.54) is 36.8 Å². The van der Waals surface area contributed by atoms with E-state index in [1.807, 2.05) is 0 Å². The maximum Gasteiger partial charge on any atom is 0.0720 e. The lowest BCUT2D eigenvalue weighted by Gasteiger charge is -2.26. The molecule has 1 heteroatoms. The molecule has 0 spiro atoms. The molecule has 0 N–H and O–H groups in total. The molecule has 2 rings (SSSR count). The highest BCUT2D eigenvalue weighted by atomic mass is 16.5. The van der Waals surface area contributed by atoms with Crippen molar-refractivity contribution >= 4 is 0 Å². The highest BCUT2D eigenvalue weighted by molar-refractivity contribution is 5.20. The van der Waals surface area contributed by atoms with Gasteiger partial charge in [-0.05, 0) is 44.1 Å². The summed E-state index contributed by atoms with van der Waals surface area (Å²) in [6.07, 6.45) is 5.65. The molecule has 0 unspecified atom stereocenters. The third kappa shape index (κ3) is 3.34. The standard InChI is InChI=1S/C15H22O/c1-12-3-7-14(8-4-12)11-16-15-9-5-13(2)6-10-15/h3-4,7-8,13,15H,5-6,9-11H2,1-2H3. The summed E-state index contributed by atoms with van der Waals surface area (Å²) in [5, 5.41) is 0. The monoisotopic (exact) mass is 218 g/mol. The Morgan fingerprint density at radius 3 is 2.31 bits per heavy atom. The van der Waals surface area contributed by atoms with Crippen LogP contribution in [-0.2, 0) is 11.3 Å². The third-order valence-corrected chi connectivity index (χ3v) is 3.57. The van der Waals surface area contributed by atoms with Crippen molar-refractivity contribution in [1.82, 2.24) is 0 Å². The van der Waals surface area contributed by atoms with E-state index >= 15 is 0 Å². The quantitative estimate of drug-likeness (QED) is 0.742. The van der Waals surface area contributed by atoms with Gasteiger partial charge in [-0.2, -0.15) is 0 Å². The Kier molecular flexibility index (Phi) is 4.00. The van der Waals surface area contributed by atoms with Crippen LogP contribution in [0, 0.1) is 12.8 Å². The van der Waals surface area contributed by atoms with Crippen LogP contribution >= 0.6 is 0 Å². The van der Waals surface area contributed by atoms with Gasteiger partial charge in [0.1, 0.15) is 0 Å². The van der Waals surface area contributed by atoms with Gasteiger partial charge in [-0.15, -0.1) is 0 Å². The van der Waals surface area contributed by atoms with Crippen LogP contribution in [0.3, 0.4) is 0 Å². The van der Waals surface area contributed by atoms with Crippen LogP contribution in [0.5, 0.6) is 0 Å². The molecule has 0 saturated heterocycles. The normalized spacial score (nSPS) is 25.6. The molecule has 1 aliphatic carbocycles. The van der Waals surface area contributed by atoms with Crippen molar-refractivity contribution in [3.05, 3.63) is 35.4 Å². The van der Waals surface area contributed by atoms with Gasteiger partial charge in [-0.3, -0.25) is 0 Å². The van der Waals surface area contributed by atoms with E-state index in [1.54, 1.807) is 0 Å². The summed E-state index contributed by atoms with van der Waals surface area (Å²) in [4.78, 5) is 0. The van der Waals surface area contributed by atoms with Crippen molar-refractivity contribution in [2.24, 2.45) is 5.92 Å². The van der Waals surface area contributed by atoms with Gasteiger partial charge in [0.25, 0.3) is 0 Å². The minimum Gasteiger partial charge on any atom is -0.374 e. The highest BCUT2D eigenvalue weighted by Crippen LogP contribution is 2.26. The lowest BCUT2D eigenvalue weighted by molar-refractivity contribution is 0.00877. The molecule has 1 saturated carbocycles. The van der Waals surface area contributed by atoms with Gasteiger partial charge in [-0.1, -0.05) is 36.8 Å². The van der Waals surface area contributed by atoms with Gasteiger partial charge in [0.15, 0.2) is 0 Å². The summed E-state index contributed by atoms with van der Waals surface area (Å²) < 4.78 is 5.96. The van der Waals surface area contributed by atoms with E-state index in [0.717, 1.165) is 12.5 Å². The Labute approximate surface area is 98.8 Å². The fourth-order valence-corrected chi connectivity index (χ4v) is 2.29. The van der Waals surface area contributed by atoms with Crippen molar-refractivity contribution in [2.45, 2.75) is 52.2 Å². The number of rotatable bonds is 3. The molecule has 1 aromatic carbocycles. The zero-order chi connectivity index (χ0) is 11.4. The molecular weight excluding hydrogens is 196 g/mol. The molecule has 1 aromatic rings. The van der Waals surface area contributed by atoms with Crippen LogP contribution in [0.25, 0.3) is 0 Å². The third-order valence-electron chi connectivity index (χ3n) is 3.57. The van der Waals surface area contributed by atoms with Crippen LogP contribution in [-0.4, -0.2) is 6.10 Å². The minimum atomic E-state index is 0.498. The van der Waals surface area contributed by atoms with E-state index in [0.29, 0.717) is 6.10 Å². The molecule has 0 bridgehead atoms. The van der Waals surface area contributed by atoms with Crippen molar-refractivity contribution in [1.29, 1.82) is 0 Å². The summed E-state index contributed by atoms with van der Waals surface area (Å²) >= 11 is 0. The van der Waals surface area contributed by atoms with E-state index in [2.05, 4.69) is 38.1 Å². The average Bonchev–Trinajstić information content (AvgIpc) is 2.30. The zero-order valence-electron chi connectivity index (χ0n) is 10.4. The van der Waals surface area contributed by atoms with Gasteiger partial charge in [-0.25, -0.2) is 0 Å². The number of hydrogen-bond donors (Lipinski definition) is 0. The lowest BCUT2D eigenvalue weighted by Crippen LogP contribution is -2.20. The Balaban J connectivity index is 1.77. The predicted molar refractivity (Wildman–Crippen MR) is 67.4 cm³/mol. The van der Waals surface area contributed by atoms with E-state index < -0.39 is 0 Å². The first-order valence-electron chi connectivity index (χ1n) is 6.41. The summed E-state index contributed by atoms with van der Waals surface area (Å²) in [5.41, 5.74) is 2.61. The van der Waals surface area contributed by atoms with Crippen molar-refractivity contribution < 1.29 is 4.74 Å². The molecular formula is C15H22O. The topological polar surface area (TPSA) is 9.23 Å². The van der Waals surface area contributed by atoms with Crippen LogP contribution in [0.15, 0.2) is 24.3 Å². The van der Waals surface area contributed by atoms with Crippen LogP contribution in [0.4, 0.5) is 0 Å². The second-order valence-corrected chi connectivity index (χ2v) is 5.18. The molecule has 0 aromatic heterocycles. The Morgan fingerprint density at radius 1 is 1.06 bits per heavy atom. The molecule has 1 aliphatic rings. The first-order chi connectivity index (χ1) is 7.74. The maximum absolute atomic E-state index is 5.96. The fraction of sp³-hybridized carbons (Fsp3) is 0.600. The summed E-state index contributed by atoms with van der Waals surface area (Å²) in [7, 11) is 0. The summed E-state index contributed by atoms with van der Waals surface area (Å²) in [5.74, 6) is 0.902. The Morgan fingerprint density at radius 2 is 1.69 bits per heavy atom. The molecule has 0 radical (unpaired) electrons. The fourth-order valence-electron chi connectivity index (χ4n) is 2.29. The van der Waals surface area contributed by atoms with Crippen LogP contribution < -0.4 is 0 Å². The molecule has 0 atom stereocenters. The first-order valence-corrected chi connectivity index (χ1v) is 6.41. The molecule has 88 valence electrons. The second-order valence-electron chi connectivity index (χ2n) is 5.18. The van der Waals surface area contributed by atoms with Gasteiger partial charge in [0.2, 0.25) is 0 Å². The minimum absolute atomic E-state index is 0.498. The summed E-state index contributed by atoms with van der Waals surface area (Å²) in [6, 6.07) is 8.64. The lowest BCUT2D eigenvalue weighted by atomic mass is 9.89. The Bertz CT molecular complexity index is 307. The van der Waals surface area contributed by atoms with E-state index in [-0.39, 0.29) is 0 Å². The number of benzene rings is 1. The van der Waals surface area contributed by atoms with Crippen molar-refractivity contribution in [3.63, 3.8) is 0 Å². The smallest absolute Gasteiger partial charge is 0.0720 e. The van der Waals surface area contributed by atoms with E-state index in [4.69, 9.17) is 4.74 Å². The number of aryl methyl sites for hydroxylation is 1. The van der Waals surface area contributed by atoms with Crippen molar-refractivity contribution in [3.8, 4) is 0 Å². The van der Waals surface area contributed by atoms with E-state index in [9.17, 15) is 0 Å². The SMILES string of the molecule is Cc1ccc(COC2CCC(C)CC2)cc1. The first kappa shape index (κ1) is 11.7. The summed E-state index contributed by atoms with van der Waals surface area (Å²) in [6.45, 7) is 5.24. The molecule has 1 nitrogen and oxygen atoms in total. The highest BCUT2D eigenvalue weighted by Gasteiger charge is 2.18. The van der Waals surface area contributed by atoms with Gasteiger partial charge < -0.3 is 4.74 Å². The number of hydrogen-bond acceptors (Lipinski definition) is 1. The molecule has 0 amide bonds. The van der Waals surface area contributed by atoms with Gasteiger partial charge in [0.05, 0.1) is 12.7 Å². The zero-order valence-corrected chi connectivity index (χ0v) is 10.4. The maximum atomic E-state index is 5.96. The molecule has 16 heavy (non-hydrogen) atoms.